The Morgan fingerprint density at radius 1 is 1.50 bits per heavy atom. The maximum atomic E-state index is 12.0. The molecule has 0 bridgehead atoms. The summed E-state index contributed by atoms with van der Waals surface area (Å²) in [5.74, 6) is 1.18. The Morgan fingerprint density at radius 2 is 2.33 bits per heavy atom. The molecule has 2 atom stereocenters. The number of thioether (sulfide) groups is 1. The van der Waals surface area contributed by atoms with Crippen molar-refractivity contribution >= 4 is 17.7 Å². The largest absolute Gasteiger partial charge is 0.508 e. The fourth-order valence-corrected chi connectivity index (χ4v) is 3.52. The molecule has 0 aliphatic heterocycles. The lowest BCUT2D eigenvalue weighted by molar-refractivity contribution is 0.0937. The maximum absolute atomic E-state index is 12.0. The molecule has 1 aromatic carbocycles. The number of carbonyl (C=O) groups is 1. The van der Waals surface area contributed by atoms with Crippen LogP contribution < -0.4 is 5.32 Å². The van der Waals surface area contributed by atoms with E-state index in [0.717, 1.165) is 18.6 Å². The summed E-state index contributed by atoms with van der Waals surface area (Å²) in [6.45, 7) is 2.17. The highest BCUT2D eigenvalue weighted by molar-refractivity contribution is 7.99. The van der Waals surface area contributed by atoms with Crippen molar-refractivity contribution < 1.29 is 9.90 Å². The minimum Gasteiger partial charge on any atom is -0.508 e. The minimum atomic E-state index is -0.0851. The van der Waals surface area contributed by atoms with Gasteiger partial charge < -0.3 is 10.4 Å². The van der Waals surface area contributed by atoms with Crippen molar-refractivity contribution in [2.45, 2.75) is 37.5 Å². The van der Waals surface area contributed by atoms with Crippen LogP contribution in [-0.4, -0.2) is 28.1 Å². The van der Waals surface area contributed by atoms with E-state index in [4.69, 9.17) is 0 Å². The second-order valence-corrected chi connectivity index (χ2v) is 6.19. The van der Waals surface area contributed by atoms with Gasteiger partial charge in [-0.05, 0) is 43.2 Å². The van der Waals surface area contributed by atoms with Crippen molar-refractivity contribution in [2.75, 3.05) is 5.75 Å². The van der Waals surface area contributed by atoms with Crippen LogP contribution in [0.25, 0.3) is 0 Å². The van der Waals surface area contributed by atoms with E-state index in [1.54, 1.807) is 18.2 Å². The Morgan fingerprint density at radius 3 is 3.06 bits per heavy atom. The van der Waals surface area contributed by atoms with Crippen LogP contribution in [0.2, 0.25) is 0 Å². The maximum Gasteiger partial charge on any atom is 0.251 e. The van der Waals surface area contributed by atoms with Gasteiger partial charge in [-0.25, -0.2) is 0 Å². The number of phenols is 1. The molecule has 98 valence electrons. The predicted molar refractivity (Wildman–Crippen MR) is 75.1 cm³/mol. The molecule has 1 saturated carbocycles. The average molecular weight is 265 g/mol. The molecule has 0 spiro atoms. The molecule has 1 amide bonds. The number of hydrogen-bond donors (Lipinski definition) is 2. The SMILES string of the molecule is CCS[C@@H]1CC[C@@H](NC(=O)c2cccc(O)c2)C1. The number of rotatable bonds is 4. The first-order chi connectivity index (χ1) is 8.69. The molecule has 1 fully saturated rings. The zero-order valence-electron chi connectivity index (χ0n) is 10.6. The van der Waals surface area contributed by atoms with Gasteiger partial charge in [0, 0.05) is 16.9 Å². The van der Waals surface area contributed by atoms with Crippen LogP contribution in [0.4, 0.5) is 0 Å². The van der Waals surface area contributed by atoms with Crippen molar-refractivity contribution in [1.29, 1.82) is 0 Å². The summed E-state index contributed by atoms with van der Waals surface area (Å²) in [6.07, 6.45) is 3.30. The molecule has 0 heterocycles. The third-order valence-electron chi connectivity index (χ3n) is 3.23. The van der Waals surface area contributed by atoms with Crippen LogP contribution in [0.5, 0.6) is 5.75 Å². The fraction of sp³-hybridized carbons (Fsp3) is 0.500. The molecular weight excluding hydrogens is 246 g/mol. The molecule has 3 nitrogen and oxygen atoms in total. The van der Waals surface area contributed by atoms with E-state index in [2.05, 4.69) is 12.2 Å². The Kier molecular flexibility index (Phi) is 4.53. The number of aromatic hydroxyl groups is 1. The Hall–Kier alpha value is -1.16. The monoisotopic (exact) mass is 265 g/mol. The van der Waals surface area contributed by atoms with Crippen LogP contribution >= 0.6 is 11.8 Å². The minimum absolute atomic E-state index is 0.0851. The van der Waals surface area contributed by atoms with Gasteiger partial charge in [0.05, 0.1) is 0 Å². The van der Waals surface area contributed by atoms with Crippen molar-refractivity contribution in [3.05, 3.63) is 29.8 Å². The van der Waals surface area contributed by atoms with Crippen LogP contribution in [-0.2, 0) is 0 Å². The standard InChI is InChI=1S/C14H19NO2S/c1-2-18-13-7-6-11(9-13)15-14(17)10-4-3-5-12(16)8-10/h3-5,8,11,13,16H,2,6-7,9H2,1H3,(H,15,17)/t11-,13-/m1/s1. The molecule has 4 heteroatoms. The molecule has 18 heavy (non-hydrogen) atoms. The second kappa shape index (κ2) is 6.14. The van der Waals surface area contributed by atoms with E-state index in [1.807, 2.05) is 11.8 Å². The second-order valence-electron chi connectivity index (χ2n) is 4.61. The number of nitrogens with one attached hydrogen (secondary N) is 1. The number of carbonyl (C=O) groups excluding carboxylic acids is 1. The van der Waals surface area contributed by atoms with Gasteiger partial charge in [-0.2, -0.15) is 11.8 Å². The van der Waals surface area contributed by atoms with Gasteiger partial charge >= 0.3 is 0 Å². The Bertz CT molecular complexity index is 422. The summed E-state index contributed by atoms with van der Waals surface area (Å²) in [7, 11) is 0. The lowest BCUT2D eigenvalue weighted by Crippen LogP contribution is -2.33. The fourth-order valence-electron chi connectivity index (χ4n) is 2.37. The van der Waals surface area contributed by atoms with Gasteiger partial charge in [0.25, 0.3) is 5.91 Å². The van der Waals surface area contributed by atoms with E-state index in [0.29, 0.717) is 10.8 Å². The van der Waals surface area contributed by atoms with E-state index in [9.17, 15) is 9.90 Å². The number of hydrogen-bond acceptors (Lipinski definition) is 3. The number of phenolic OH excluding ortho intramolecular Hbond substituents is 1. The first-order valence-electron chi connectivity index (χ1n) is 6.40. The summed E-state index contributed by atoms with van der Waals surface area (Å²) >= 11 is 1.98. The third kappa shape index (κ3) is 3.42. The lowest BCUT2D eigenvalue weighted by Gasteiger charge is -2.13. The van der Waals surface area contributed by atoms with E-state index in [1.165, 1.54) is 12.5 Å². The molecule has 0 aromatic heterocycles. The van der Waals surface area contributed by atoms with Gasteiger partial charge in [0.2, 0.25) is 0 Å². The van der Waals surface area contributed by atoms with Crippen molar-refractivity contribution in [3.8, 4) is 5.75 Å². The molecule has 1 aliphatic rings. The van der Waals surface area contributed by atoms with Gasteiger partial charge in [-0.1, -0.05) is 13.0 Å². The number of benzene rings is 1. The highest BCUT2D eigenvalue weighted by atomic mass is 32.2. The molecule has 1 aliphatic carbocycles. The van der Waals surface area contributed by atoms with Gasteiger partial charge in [0.15, 0.2) is 0 Å². The summed E-state index contributed by atoms with van der Waals surface area (Å²) in [5.41, 5.74) is 0.529. The van der Waals surface area contributed by atoms with Crippen LogP contribution in [0.15, 0.2) is 24.3 Å². The summed E-state index contributed by atoms with van der Waals surface area (Å²) in [4.78, 5) is 12.0. The average Bonchev–Trinajstić information content (AvgIpc) is 2.77. The van der Waals surface area contributed by atoms with Crippen LogP contribution in [0, 0.1) is 0 Å². The van der Waals surface area contributed by atoms with Gasteiger partial charge in [0.1, 0.15) is 5.75 Å². The van der Waals surface area contributed by atoms with E-state index < -0.39 is 0 Å². The van der Waals surface area contributed by atoms with Gasteiger partial charge in [-0.15, -0.1) is 0 Å². The molecule has 2 N–H and O–H groups in total. The van der Waals surface area contributed by atoms with Crippen molar-refractivity contribution in [3.63, 3.8) is 0 Å². The lowest BCUT2D eigenvalue weighted by atomic mass is 10.1. The van der Waals surface area contributed by atoms with Crippen molar-refractivity contribution in [1.82, 2.24) is 5.32 Å². The molecule has 0 unspecified atom stereocenters. The molecule has 2 rings (SSSR count). The topological polar surface area (TPSA) is 49.3 Å². The molecule has 0 saturated heterocycles. The predicted octanol–water partition coefficient (Wildman–Crippen LogP) is 2.80. The summed E-state index contributed by atoms with van der Waals surface area (Å²) < 4.78 is 0. The van der Waals surface area contributed by atoms with Gasteiger partial charge in [-0.3, -0.25) is 4.79 Å². The Labute approximate surface area is 112 Å². The smallest absolute Gasteiger partial charge is 0.251 e. The number of amides is 1. The first-order valence-corrected chi connectivity index (χ1v) is 7.45. The van der Waals surface area contributed by atoms with E-state index in [-0.39, 0.29) is 17.7 Å². The first kappa shape index (κ1) is 13.3. The van der Waals surface area contributed by atoms with E-state index >= 15 is 0 Å². The van der Waals surface area contributed by atoms with Crippen molar-refractivity contribution in [2.24, 2.45) is 0 Å². The van der Waals surface area contributed by atoms with Crippen LogP contribution in [0.3, 0.4) is 0 Å². The zero-order valence-corrected chi connectivity index (χ0v) is 11.4. The highest BCUT2D eigenvalue weighted by Crippen LogP contribution is 2.29. The quantitative estimate of drug-likeness (QED) is 0.880. The normalized spacial score (nSPS) is 22.9. The third-order valence-corrected chi connectivity index (χ3v) is 4.46. The highest BCUT2D eigenvalue weighted by Gasteiger charge is 2.25. The zero-order chi connectivity index (χ0) is 13.0. The Balaban J connectivity index is 1.89. The van der Waals surface area contributed by atoms with Crippen LogP contribution in [0.1, 0.15) is 36.5 Å². The molecule has 0 radical (unpaired) electrons. The molecule has 1 aromatic rings. The molecular formula is C14H19NO2S. The summed E-state index contributed by atoms with van der Waals surface area (Å²) in [5, 5.41) is 13.1. The summed E-state index contributed by atoms with van der Waals surface area (Å²) in [6, 6.07) is 6.77.